The van der Waals surface area contributed by atoms with Gasteiger partial charge in [0.25, 0.3) is 5.82 Å². The lowest BCUT2D eigenvalue weighted by Crippen LogP contribution is -2.01. The molecule has 0 fully saturated rings. The van der Waals surface area contributed by atoms with Crippen LogP contribution in [0.4, 0.5) is 5.69 Å². The highest BCUT2D eigenvalue weighted by atomic mass is 16.4. The Labute approximate surface area is 85.0 Å². The molecule has 0 bridgehead atoms. The van der Waals surface area contributed by atoms with E-state index in [0.717, 1.165) is 0 Å². The SMILES string of the molecule is Nc1ccc(-n2cnc(C(=O)O)n2)cc1. The molecule has 15 heavy (non-hydrogen) atoms. The Hall–Kier alpha value is -2.37. The number of hydrogen-bond donors (Lipinski definition) is 2. The lowest BCUT2D eigenvalue weighted by atomic mass is 10.3. The lowest BCUT2D eigenvalue weighted by molar-refractivity contribution is 0.0683. The summed E-state index contributed by atoms with van der Waals surface area (Å²) in [5.74, 6) is -1.38. The van der Waals surface area contributed by atoms with Crippen LogP contribution in [0.15, 0.2) is 30.6 Å². The number of carboxylic acids is 1. The van der Waals surface area contributed by atoms with E-state index in [1.807, 2.05) is 0 Å². The number of carbonyl (C=O) groups is 1. The number of nitrogens with zero attached hydrogens (tertiary/aromatic N) is 3. The largest absolute Gasteiger partial charge is 0.475 e. The Morgan fingerprint density at radius 2 is 2.00 bits per heavy atom. The molecule has 1 aromatic carbocycles. The zero-order valence-corrected chi connectivity index (χ0v) is 7.66. The number of rotatable bonds is 2. The van der Waals surface area contributed by atoms with Gasteiger partial charge in [-0.05, 0) is 24.3 Å². The summed E-state index contributed by atoms with van der Waals surface area (Å²) in [6.45, 7) is 0. The second-order valence-corrected chi connectivity index (χ2v) is 2.91. The number of hydrogen-bond acceptors (Lipinski definition) is 4. The molecule has 6 heteroatoms. The third kappa shape index (κ3) is 1.78. The van der Waals surface area contributed by atoms with Crippen LogP contribution < -0.4 is 5.73 Å². The minimum absolute atomic E-state index is 0.230. The predicted molar refractivity (Wildman–Crippen MR) is 52.7 cm³/mol. The van der Waals surface area contributed by atoms with Gasteiger partial charge in [-0.1, -0.05) is 0 Å². The van der Waals surface area contributed by atoms with Crippen molar-refractivity contribution in [3.63, 3.8) is 0 Å². The molecule has 0 saturated heterocycles. The molecule has 0 radical (unpaired) electrons. The van der Waals surface area contributed by atoms with Crippen LogP contribution in [0.25, 0.3) is 5.69 Å². The molecular formula is C9H8N4O2. The summed E-state index contributed by atoms with van der Waals surface area (Å²) >= 11 is 0. The van der Waals surface area contributed by atoms with Gasteiger partial charge >= 0.3 is 5.97 Å². The highest BCUT2D eigenvalue weighted by molar-refractivity contribution is 5.82. The fourth-order valence-electron chi connectivity index (χ4n) is 1.11. The van der Waals surface area contributed by atoms with Gasteiger partial charge in [0, 0.05) is 5.69 Å². The van der Waals surface area contributed by atoms with Crippen molar-refractivity contribution in [3.8, 4) is 5.69 Å². The molecule has 0 saturated carbocycles. The number of benzene rings is 1. The first-order chi connectivity index (χ1) is 7.16. The Balaban J connectivity index is 2.37. The van der Waals surface area contributed by atoms with Gasteiger partial charge in [-0.25, -0.2) is 14.5 Å². The summed E-state index contributed by atoms with van der Waals surface area (Å²) in [5, 5.41) is 12.4. The molecule has 2 rings (SSSR count). The number of nitrogen functional groups attached to an aromatic ring is 1. The van der Waals surface area contributed by atoms with Crippen molar-refractivity contribution in [2.24, 2.45) is 0 Å². The average molecular weight is 204 g/mol. The van der Waals surface area contributed by atoms with Crippen LogP contribution in [-0.4, -0.2) is 25.8 Å². The van der Waals surface area contributed by atoms with Gasteiger partial charge in [0.2, 0.25) is 0 Å². The van der Waals surface area contributed by atoms with Crippen molar-refractivity contribution in [1.82, 2.24) is 14.8 Å². The minimum Gasteiger partial charge on any atom is -0.475 e. The molecular weight excluding hydrogens is 196 g/mol. The van der Waals surface area contributed by atoms with Crippen LogP contribution >= 0.6 is 0 Å². The smallest absolute Gasteiger partial charge is 0.375 e. The molecule has 0 spiro atoms. The molecule has 3 N–H and O–H groups in total. The van der Waals surface area contributed by atoms with E-state index in [1.165, 1.54) is 11.0 Å². The van der Waals surface area contributed by atoms with Gasteiger partial charge in [-0.2, -0.15) is 0 Å². The molecule has 0 aliphatic carbocycles. The molecule has 1 heterocycles. The summed E-state index contributed by atoms with van der Waals surface area (Å²) in [6, 6.07) is 6.88. The van der Waals surface area contributed by atoms with Crippen LogP contribution in [0, 0.1) is 0 Å². The summed E-state index contributed by atoms with van der Waals surface area (Å²) in [7, 11) is 0. The summed E-state index contributed by atoms with van der Waals surface area (Å²) in [6.07, 6.45) is 1.34. The normalized spacial score (nSPS) is 10.1. The molecule has 0 amide bonds. The maximum Gasteiger partial charge on any atom is 0.375 e. The molecule has 0 unspecified atom stereocenters. The monoisotopic (exact) mass is 204 g/mol. The Morgan fingerprint density at radius 3 is 2.53 bits per heavy atom. The third-order valence-corrected chi connectivity index (χ3v) is 1.84. The van der Waals surface area contributed by atoms with Crippen LogP contribution in [0.3, 0.4) is 0 Å². The number of anilines is 1. The molecule has 76 valence electrons. The van der Waals surface area contributed by atoms with E-state index in [4.69, 9.17) is 10.8 Å². The maximum atomic E-state index is 10.5. The summed E-state index contributed by atoms with van der Waals surface area (Å²) in [4.78, 5) is 14.2. The van der Waals surface area contributed by atoms with Gasteiger partial charge < -0.3 is 10.8 Å². The Kier molecular flexibility index (Phi) is 2.09. The topological polar surface area (TPSA) is 94.0 Å². The summed E-state index contributed by atoms with van der Waals surface area (Å²) in [5.41, 5.74) is 6.87. The predicted octanol–water partition coefficient (Wildman–Crippen LogP) is 0.548. The van der Waals surface area contributed by atoms with E-state index >= 15 is 0 Å². The minimum atomic E-state index is -1.15. The lowest BCUT2D eigenvalue weighted by Gasteiger charge is -1.99. The second-order valence-electron chi connectivity index (χ2n) is 2.91. The van der Waals surface area contributed by atoms with E-state index in [9.17, 15) is 4.79 Å². The van der Waals surface area contributed by atoms with Crippen LogP contribution in [0.2, 0.25) is 0 Å². The first-order valence-electron chi connectivity index (χ1n) is 4.17. The number of aromatic nitrogens is 3. The fourth-order valence-corrected chi connectivity index (χ4v) is 1.11. The van der Waals surface area contributed by atoms with Crippen LogP contribution in [0.5, 0.6) is 0 Å². The van der Waals surface area contributed by atoms with Crippen LogP contribution in [-0.2, 0) is 0 Å². The highest BCUT2D eigenvalue weighted by Gasteiger charge is 2.09. The van der Waals surface area contributed by atoms with Gasteiger partial charge in [0.1, 0.15) is 6.33 Å². The van der Waals surface area contributed by atoms with Crippen molar-refractivity contribution in [2.45, 2.75) is 0 Å². The second kappa shape index (κ2) is 3.41. The van der Waals surface area contributed by atoms with Crippen molar-refractivity contribution >= 4 is 11.7 Å². The highest BCUT2D eigenvalue weighted by Crippen LogP contribution is 2.09. The van der Waals surface area contributed by atoms with Crippen molar-refractivity contribution in [2.75, 3.05) is 5.73 Å². The maximum absolute atomic E-state index is 10.5. The molecule has 0 aliphatic rings. The Morgan fingerprint density at radius 1 is 1.33 bits per heavy atom. The first-order valence-corrected chi connectivity index (χ1v) is 4.17. The van der Waals surface area contributed by atoms with Crippen molar-refractivity contribution < 1.29 is 9.90 Å². The fraction of sp³-hybridized carbons (Fsp3) is 0. The van der Waals surface area contributed by atoms with E-state index in [2.05, 4.69) is 10.1 Å². The van der Waals surface area contributed by atoms with Gasteiger partial charge in [0.05, 0.1) is 5.69 Å². The number of aromatic carboxylic acids is 1. The van der Waals surface area contributed by atoms with E-state index in [1.54, 1.807) is 24.3 Å². The standard InChI is InChI=1S/C9H8N4O2/c10-6-1-3-7(4-2-6)13-5-11-8(12-13)9(14)15/h1-5H,10H2,(H,14,15). The molecule has 0 atom stereocenters. The molecule has 0 aliphatic heterocycles. The van der Waals surface area contributed by atoms with Crippen molar-refractivity contribution in [1.29, 1.82) is 0 Å². The molecule has 1 aromatic heterocycles. The molecule has 6 nitrogen and oxygen atoms in total. The van der Waals surface area contributed by atoms with Gasteiger partial charge in [-0.15, -0.1) is 5.10 Å². The third-order valence-electron chi connectivity index (χ3n) is 1.84. The number of carboxylic acid groups (broad SMARTS) is 1. The summed E-state index contributed by atoms with van der Waals surface area (Å²) < 4.78 is 1.38. The zero-order chi connectivity index (χ0) is 10.8. The van der Waals surface area contributed by atoms with Gasteiger partial charge in [-0.3, -0.25) is 0 Å². The van der Waals surface area contributed by atoms with E-state index in [0.29, 0.717) is 11.4 Å². The van der Waals surface area contributed by atoms with E-state index < -0.39 is 5.97 Å². The van der Waals surface area contributed by atoms with E-state index in [-0.39, 0.29) is 5.82 Å². The zero-order valence-electron chi connectivity index (χ0n) is 7.66. The molecule has 2 aromatic rings. The Bertz CT molecular complexity index is 489. The quantitative estimate of drug-likeness (QED) is 0.696. The van der Waals surface area contributed by atoms with Gasteiger partial charge in [0.15, 0.2) is 0 Å². The average Bonchev–Trinajstić information content (AvgIpc) is 2.68. The van der Waals surface area contributed by atoms with Crippen LogP contribution in [0.1, 0.15) is 10.6 Å². The van der Waals surface area contributed by atoms with Crippen molar-refractivity contribution in [3.05, 3.63) is 36.4 Å². The first kappa shape index (κ1) is 9.20. The number of nitrogens with two attached hydrogens (primary N) is 1.